The van der Waals surface area contributed by atoms with Crippen molar-refractivity contribution in [3.63, 3.8) is 0 Å². The van der Waals surface area contributed by atoms with E-state index in [1.165, 1.54) is 0 Å². The van der Waals surface area contributed by atoms with Gasteiger partial charge in [-0.05, 0) is 0 Å². The molecule has 0 amide bonds. The molecule has 0 saturated carbocycles. The summed E-state index contributed by atoms with van der Waals surface area (Å²) in [6, 6.07) is -3.58. The fraction of sp³-hybridized carbons (Fsp3) is 1.00. The highest BCUT2D eigenvalue weighted by molar-refractivity contribution is 6.43. The van der Waals surface area contributed by atoms with Gasteiger partial charge in [0.25, 0.3) is 0 Å². The van der Waals surface area contributed by atoms with Crippen molar-refractivity contribution in [1.29, 1.82) is 0 Å². The zero-order valence-corrected chi connectivity index (χ0v) is 8.32. The second-order valence-electron chi connectivity index (χ2n) is 2.07. The molecular formula is C4H10F4Si2. The fourth-order valence-corrected chi connectivity index (χ4v) is 3.52. The molecule has 0 rings (SSSR count). The van der Waals surface area contributed by atoms with Crippen LogP contribution in [-0.2, 0) is 0 Å². The summed E-state index contributed by atoms with van der Waals surface area (Å²) in [4.78, 5) is 0. The molecule has 10 heavy (non-hydrogen) atoms. The van der Waals surface area contributed by atoms with E-state index >= 15 is 0 Å². The molecule has 0 aliphatic heterocycles. The summed E-state index contributed by atoms with van der Waals surface area (Å²) >= 11 is 0. The van der Waals surface area contributed by atoms with Gasteiger partial charge in [0.15, 0.2) is 0 Å². The maximum atomic E-state index is 11.4. The Morgan fingerprint density at radius 1 is 0.800 bits per heavy atom. The van der Waals surface area contributed by atoms with Crippen molar-refractivity contribution in [3.05, 3.63) is 0 Å². The largest absolute Gasteiger partial charge is 0.216 e. The third kappa shape index (κ3) is 8.15. The van der Waals surface area contributed by atoms with Crippen molar-refractivity contribution < 1.29 is 17.6 Å². The lowest BCUT2D eigenvalue weighted by atomic mass is 10.9. The molecule has 0 aliphatic rings. The average Bonchev–Trinajstić information content (AvgIpc) is 1.79. The quantitative estimate of drug-likeness (QED) is 0.338. The summed E-state index contributed by atoms with van der Waals surface area (Å²) in [6.45, 7) is 0. The van der Waals surface area contributed by atoms with Gasteiger partial charge in [0.2, 0.25) is 12.1 Å². The highest BCUT2D eigenvalue weighted by atomic mass is 28.2. The van der Waals surface area contributed by atoms with Crippen LogP contribution in [0, 0.1) is 0 Å². The first-order valence-corrected chi connectivity index (χ1v) is 6.82. The van der Waals surface area contributed by atoms with Crippen LogP contribution in [0.4, 0.5) is 17.6 Å². The van der Waals surface area contributed by atoms with Gasteiger partial charge in [-0.1, -0.05) is 12.1 Å². The number of hydrogen-bond donors (Lipinski definition) is 0. The smallest absolute Gasteiger partial charge is 0.214 e. The standard InChI is InChI=1S/C4H10F4Si2/c5-3(6)9-1-2-10-4(7)8/h3-4H,1-2,9-10H2. The Morgan fingerprint density at radius 3 is 1.30 bits per heavy atom. The monoisotopic (exact) mass is 190 g/mol. The lowest BCUT2D eigenvalue weighted by molar-refractivity contribution is 0.235. The molecule has 0 fully saturated rings. The van der Waals surface area contributed by atoms with E-state index in [4.69, 9.17) is 0 Å². The minimum Gasteiger partial charge on any atom is -0.216 e. The van der Waals surface area contributed by atoms with Crippen LogP contribution in [0.3, 0.4) is 0 Å². The minimum atomic E-state index is -2.19. The van der Waals surface area contributed by atoms with E-state index in [9.17, 15) is 17.6 Å². The van der Waals surface area contributed by atoms with E-state index in [1.807, 2.05) is 0 Å². The first-order chi connectivity index (χ1) is 4.63. The van der Waals surface area contributed by atoms with Crippen molar-refractivity contribution in [3.8, 4) is 0 Å². The second-order valence-corrected chi connectivity index (χ2v) is 5.87. The van der Waals surface area contributed by atoms with E-state index in [1.54, 1.807) is 0 Å². The molecule has 0 heterocycles. The summed E-state index contributed by atoms with van der Waals surface area (Å²) < 4.78 is 45.8. The normalized spacial score (nSPS) is 13.8. The van der Waals surface area contributed by atoms with E-state index in [0.29, 0.717) is 12.1 Å². The first kappa shape index (κ1) is 10.2. The molecule has 62 valence electrons. The lowest BCUT2D eigenvalue weighted by Gasteiger charge is -1.96. The van der Waals surface area contributed by atoms with Gasteiger partial charge in [-0.3, -0.25) is 0 Å². The molecule has 0 unspecified atom stereocenters. The zero-order valence-electron chi connectivity index (χ0n) is 5.49. The van der Waals surface area contributed by atoms with Crippen LogP contribution in [0.15, 0.2) is 0 Å². The Balaban J connectivity index is 2.91. The summed E-state index contributed by atoms with van der Waals surface area (Å²) in [5.74, 6) is 0. The van der Waals surface area contributed by atoms with E-state index < -0.39 is 31.1 Å². The van der Waals surface area contributed by atoms with Crippen molar-refractivity contribution in [2.45, 2.75) is 24.2 Å². The predicted octanol–water partition coefficient (Wildman–Crippen LogP) is 0.606. The molecule has 0 bridgehead atoms. The van der Waals surface area contributed by atoms with Crippen molar-refractivity contribution in [1.82, 2.24) is 0 Å². The van der Waals surface area contributed by atoms with Crippen LogP contribution in [0.5, 0.6) is 0 Å². The van der Waals surface area contributed by atoms with Gasteiger partial charge in [-0.2, -0.15) is 0 Å². The lowest BCUT2D eigenvalue weighted by Crippen LogP contribution is -2.08. The molecule has 0 saturated heterocycles. The third-order valence-corrected chi connectivity index (χ3v) is 4.78. The van der Waals surface area contributed by atoms with Gasteiger partial charge in [-0.15, -0.1) is 0 Å². The first-order valence-electron chi connectivity index (χ1n) is 3.19. The molecule has 0 atom stereocenters. The summed E-state index contributed by atoms with van der Waals surface area (Å²) in [5, 5.41) is 0. The van der Waals surface area contributed by atoms with Gasteiger partial charge in [0.1, 0.15) is 19.0 Å². The minimum absolute atomic E-state index is 0.397. The van der Waals surface area contributed by atoms with Crippen LogP contribution in [0.1, 0.15) is 0 Å². The van der Waals surface area contributed by atoms with E-state index in [-0.39, 0.29) is 0 Å². The maximum Gasteiger partial charge on any atom is 0.214 e. The SMILES string of the molecule is FC(F)[SiH2]CC[SiH2]C(F)F. The molecule has 0 N–H and O–H groups in total. The van der Waals surface area contributed by atoms with Crippen molar-refractivity contribution in [2.24, 2.45) is 0 Å². The highest BCUT2D eigenvalue weighted by Crippen LogP contribution is 2.00. The molecule has 0 aromatic heterocycles. The number of rotatable bonds is 5. The molecule has 6 heteroatoms. The van der Waals surface area contributed by atoms with Gasteiger partial charge >= 0.3 is 0 Å². The van der Waals surface area contributed by atoms with Gasteiger partial charge in [-0.25, -0.2) is 17.6 Å². The number of halogens is 4. The molecular weight excluding hydrogens is 180 g/mol. The molecule has 0 aliphatic carbocycles. The number of alkyl halides is 4. The van der Waals surface area contributed by atoms with Crippen molar-refractivity contribution >= 4 is 19.0 Å². The second kappa shape index (κ2) is 5.90. The summed E-state index contributed by atoms with van der Waals surface area (Å²) in [7, 11) is -2.66. The summed E-state index contributed by atoms with van der Waals surface area (Å²) in [6.07, 6.45) is 0. The van der Waals surface area contributed by atoms with Crippen molar-refractivity contribution in [2.75, 3.05) is 0 Å². The average molecular weight is 190 g/mol. The predicted molar refractivity (Wildman–Crippen MR) is 38.7 cm³/mol. The molecule has 0 nitrogen and oxygen atoms in total. The van der Waals surface area contributed by atoms with Gasteiger partial charge in [0.05, 0.1) is 0 Å². The highest BCUT2D eigenvalue weighted by Gasteiger charge is 2.06. The Morgan fingerprint density at radius 2 is 1.10 bits per heavy atom. The zero-order chi connectivity index (χ0) is 7.98. The molecule has 0 aromatic rings. The number of hydrogen-bond acceptors (Lipinski definition) is 0. The van der Waals surface area contributed by atoms with Crippen LogP contribution >= 0.6 is 0 Å². The van der Waals surface area contributed by atoms with Crippen LogP contribution < -0.4 is 0 Å². The Hall–Kier alpha value is 0.154. The van der Waals surface area contributed by atoms with Crippen LogP contribution in [0.2, 0.25) is 12.1 Å². The molecule has 0 radical (unpaired) electrons. The maximum absolute atomic E-state index is 11.4. The topological polar surface area (TPSA) is 0 Å². The van der Waals surface area contributed by atoms with Gasteiger partial charge in [0, 0.05) is 0 Å². The third-order valence-electron chi connectivity index (χ3n) is 1.09. The van der Waals surface area contributed by atoms with E-state index in [0.717, 1.165) is 0 Å². The molecule has 0 aromatic carbocycles. The summed E-state index contributed by atoms with van der Waals surface area (Å²) in [5.41, 5.74) is 0. The van der Waals surface area contributed by atoms with Crippen LogP contribution in [-0.4, -0.2) is 31.1 Å². The van der Waals surface area contributed by atoms with Gasteiger partial charge < -0.3 is 0 Å². The fourth-order valence-electron chi connectivity index (χ4n) is 0.597. The Bertz CT molecular complexity index is 67.7. The van der Waals surface area contributed by atoms with E-state index in [2.05, 4.69) is 0 Å². The Kier molecular flexibility index (Phi) is 5.99. The van der Waals surface area contributed by atoms with Crippen LogP contribution in [0.25, 0.3) is 0 Å². The Labute approximate surface area is 61.6 Å². The molecule has 0 spiro atoms.